The third-order valence-corrected chi connectivity index (χ3v) is 2.88. The molecule has 18 heavy (non-hydrogen) atoms. The Labute approximate surface area is 108 Å². The van der Waals surface area contributed by atoms with E-state index >= 15 is 0 Å². The Morgan fingerprint density at radius 1 is 1.39 bits per heavy atom. The summed E-state index contributed by atoms with van der Waals surface area (Å²) in [6.45, 7) is 7.67. The molecule has 0 saturated carbocycles. The zero-order chi connectivity index (χ0) is 13.7. The molecule has 0 radical (unpaired) electrons. The van der Waals surface area contributed by atoms with Crippen molar-refractivity contribution in [2.45, 2.75) is 38.6 Å². The van der Waals surface area contributed by atoms with E-state index in [0.717, 1.165) is 0 Å². The molecule has 1 heterocycles. The van der Waals surface area contributed by atoms with Crippen LogP contribution in [0.2, 0.25) is 0 Å². The van der Waals surface area contributed by atoms with Gasteiger partial charge < -0.3 is 14.6 Å². The maximum absolute atomic E-state index is 9.61. The van der Waals surface area contributed by atoms with Crippen LogP contribution in [0.25, 0.3) is 0 Å². The van der Waals surface area contributed by atoms with Crippen molar-refractivity contribution >= 4 is 11.6 Å². The molecule has 0 aromatic carbocycles. The van der Waals surface area contributed by atoms with E-state index in [1.165, 1.54) is 6.08 Å². The van der Waals surface area contributed by atoms with Gasteiger partial charge in [0, 0.05) is 13.5 Å². The molecule has 0 spiro atoms. The van der Waals surface area contributed by atoms with E-state index in [2.05, 4.69) is 30.4 Å². The fourth-order valence-corrected chi connectivity index (χ4v) is 1.82. The molecule has 1 N–H and O–H groups in total. The first kappa shape index (κ1) is 14.9. The normalized spacial score (nSPS) is 25.4. The number of aliphatic hydroxyl groups is 1. The number of ether oxygens (including phenoxy) is 2. The van der Waals surface area contributed by atoms with Crippen LogP contribution in [-0.2, 0) is 9.47 Å². The maximum Gasteiger partial charge on any atom is 0.230 e. The number of methoxy groups -OCH3 is 2. The number of rotatable bonds is 5. The quantitative estimate of drug-likeness (QED) is 0.755. The van der Waals surface area contributed by atoms with Gasteiger partial charge in [-0.25, -0.2) is 4.99 Å². The van der Waals surface area contributed by atoms with Crippen molar-refractivity contribution in [3.63, 3.8) is 0 Å². The van der Waals surface area contributed by atoms with Gasteiger partial charge in [0.1, 0.15) is 11.8 Å². The van der Waals surface area contributed by atoms with Crippen LogP contribution >= 0.6 is 0 Å². The summed E-state index contributed by atoms with van der Waals surface area (Å²) in [7, 11) is 3.16. The SMILES string of the molecule is C=CC(O)CC1=NC(OC)C(C(C)C)N=C1OC. The molecule has 5 nitrogen and oxygen atoms in total. The van der Waals surface area contributed by atoms with E-state index in [1.54, 1.807) is 14.2 Å². The zero-order valence-corrected chi connectivity index (χ0v) is 11.5. The average molecular weight is 254 g/mol. The Balaban J connectivity index is 2.95. The lowest BCUT2D eigenvalue weighted by molar-refractivity contribution is 0.0717. The van der Waals surface area contributed by atoms with Gasteiger partial charge in [-0.2, -0.15) is 0 Å². The molecule has 0 aliphatic carbocycles. The Kier molecular flexibility index (Phi) is 5.50. The molecule has 0 bridgehead atoms. The highest BCUT2D eigenvalue weighted by molar-refractivity contribution is 6.39. The number of aliphatic imine (C=N–C) groups is 2. The van der Waals surface area contributed by atoms with Gasteiger partial charge in [0.2, 0.25) is 5.90 Å². The van der Waals surface area contributed by atoms with Gasteiger partial charge in [0.05, 0.1) is 13.2 Å². The molecule has 1 aliphatic rings. The molecular weight excluding hydrogens is 232 g/mol. The van der Waals surface area contributed by atoms with Gasteiger partial charge >= 0.3 is 0 Å². The lowest BCUT2D eigenvalue weighted by Crippen LogP contribution is -2.39. The summed E-state index contributed by atoms with van der Waals surface area (Å²) in [5.41, 5.74) is 0.619. The van der Waals surface area contributed by atoms with Crippen LogP contribution in [-0.4, -0.2) is 49.3 Å². The van der Waals surface area contributed by atoms with Gasteiger partial charge in [0.15, 0.2) is 6.23 Å². The van der Waals surface area contributed by atoms with Gasteiger partial charge in [-0.15, -0.1) is 6.58 Å². The van der Waals surface area contributed by atoms with Crippen molar-refractivity contribution in [1.29, 1.82) is 0 Å². The van der Waals surface area contributed by atoms with Gasteiger partial charge in [0.25, 0.3) is 0 Å². The molecule has 0 aromatic rings. The summed E-state index contributed by atoms with van der Waals surface area (Å²) < 4.78 is 10.6. The molecular formula is C13H22N2O3. The summed E-state index contributed by atoms with van der Waals surface area (Å²) >= 11 is 0. The number of hydrogen-bond acceptors (Lipinski definition) is 5. The highest BCUT2D eigenvalue weighted by Gasteiger charge is 2.31. The van der Waals surface area contributed by atoms with E-state index in [0.29, 0.717) is 23.9 Å². The summed E-state index contributed by atoms with van der Waals surface area (Å²) in [6, 6.07) is -0.0606. The monoisotopic (exact) mass is 254 g/mol. The second-order valence-corrected chi connectivity index (χ2v) is 4.58. The third-order valence-electron chi connectivity index (χ3n) is 2.88. The molecule has 1 aliphatic heterocycles. The summed E-state index contributed by atoms with van der Waals surface area (Å²) in [5, 5.41) is 9.61. The largest absolute Gasteiger partial charge is 0.480 e. The Morgan fingerprint density at radius 3 is 2.50 bits per heavy atom. The fourth-order valence-electron chi connectivity index (χ4n) is 1.82. The minimum Gasteiger partial charge on any atom is -0.480 e. The molecule has 5 heteroatoms. The van der Waals surface area contributed by atoms with Crippen LogP contribution in [0.3, 0.4) is 0 Å². The van der Waals surface area contributed by atoms with E-state index in [1.807, 2.05) is 0 Å². The standard InChI is InChI=1S/C13H22N2O3/c1-6-9(16)7-10-12(17-4)15-11(8(2)3)13(14-10)18-5/h6,8-9,11,13,16H,1,7H2,2-5H3. The second-order valence-electron chi connectivity index (χ2n) is 4.58. The van der Waals surface area contributed by atoms with Crippen LogP contribution in [0.15, 0.2) is 22.6 Å². The summed E-state index contributed by atoms with van der Waals surface area (Å²) in [4.78, 5) is 8.99. The minimum absolute atomic E-state index is 0.0606. The van der Waals surface area contributed by atoms with Gasteiger partial charge in [-0.05, 0) is 5.92 Å². The van der Waals surface area contributed by atoms with Gasteiger partial charge in [-0.3, -0.25) is 4.99 Å². The molecule has 0 saturated heterocycles. The second kappa shape index (κ2) is 6.66. The molecule has 1 rings (SSSR count). The average Bonchev–Trinajstić information content (AvgIpc) is 2.37. The number of hydrogen-bond donors (Lipinski definition) is 1. The van der Waals surface area contributed by atoms with Crippen LogP contribution in [0.1, 0.15) is 20.3 Å². The summed E-state index contributed by atoms with van der Waals surface area (Å²) in [6.07, 6.45) is 0.820. The van der Waals surface area contributed by atoms with Gasteiger partial charge in [-0.1, -0.05) is 19.9 Å². The zero-order valence-electron chi connectivity index (χ0n) is 11.5. The topological polar surface area (TPSA) is 63.4 Å². The molecule has 0 fully saturated rings. The Bertz CT molecular complexity index is 350. The van der Waals surface area contributed by atoms with Crippen molar-refractivity contribution in [3.05, 3.63) is 12.7 Å². The highest BCUT2D eigenvalue weighted by atomic mass is 16.5. The predicted molar refractivity (Wildman–Crippen MR) is 72.1 cm³/mol. The lowest BCUT2D eigenvalue weighted by atomic mass is 10.0. The number of nitrogens with zero attached hydrogens (tertiary/aromatic N) is 2. The highest BCUT2D eigenvalue weighted by Crippen LogP contribution is 2.20. The van der Waals surface area contributed by atoms with E-state index in [4.69, 9.17) is 9.47 Å². The van der Waals surface area contributed by atoms with Crippen LogP contribution in [0.4, 0.5) is 0 Å². The first-order valence-electron chi connectivity index (χ1n) is 6.05. The van der Waals surface area contributed by atoms with Crippen molar-refractivity contribution in [2.24, 2.45) is 15.9 Å². The van der Waals surface area contributed by atoms with Crippen molar-refractivity contribution in [2.75, 3.05) is 14.2 Å². The van der Waals surface area contributed by atoms with Crippen molar-refractivity contribution in [1.82, 2.24) is 0 Å². The van der Waals surface area contributed by atoms with Crippen LogP contribution in [0, 0.1) is 5.92 Å². The van der Waals surface area contributed by atoms with Crippen molar-refractivity contribution < 1.29 is 14.6 Å². The first-order chi connectivity index (χ1) is 8.53. The van der Waals surface area contributed by atoms with E-state index < -0.39 is 6.10 Å². The van der Waals surface area contributed by atoms with E-state index in [9.17, 15) is 5.11 Å². The summed E-state index contributed by atoms with van der Waals surface area (Å²) in [5.74, 6) is 0.776. The Morgan fingerprint density at radius 2 is 2.06 bits per heavy atom. The van der Waals surface area contributed by atoms with Crippen LogP contribution in [0.5, 0.6) is 0 Å². The van der Waals surface area contributed by atoms with Crippen molar-refractivity contribution in [3.8, 4) is 0 Å². The third kappa shape index (κ3) is 3.40. The molecule has 102 valence electrons. The molecule has 3 atom stereocenters. The smallest absolute Gasteiger partial charge is 0.230 e. The predicted octanol–water partition coefficient (Wildman–Crippen LogP) is 1.42. The molecule has 3 unspecified atom stereocenters. The molecule has 0 aromatic heterocycles. The first-order valence-corrected chi connectivity index (χ1v) is 6.05. The minimum atomic E-state index is -0.655. The number of aliphatic hydroxyl groups excluding tert-OH is 1. The Hall–Kier alpha value is -1.20. The lowest BCUT2D eigenvalue weighted by Gasteiger charge is -2.28. The van der Waals surface area contributed by atoms with E-state index in [-0.39, 0.29) is 12.3 Å². The molecule has 0 amide bonds. The van der Waals surface area contributed by atoms with Crippen LogP contribution < -0.4 is 0 Å². The maximum atomic E-state index is 9.61. The fraction of sp³-hybridized carbons (Fsp3) is 0.692.